The van der Waals surface area contributed by atoms with Gasteiger partial charge in [-0.1, -0.05) is 0 Å². The molecule has 1 spiro atoms. The molecule has 0 aromatic rings. The van der Waals surface area contributed by atoms with Gasteiger partial charge in [0, 0.05) is 5.54 Å². The Morgan fingerprint density at radius 3 is 2.42 bits per heavy atom. The summed E-state index contributed by atoms with van der Waals surface area (Å²) < 4.78 is 0. The van der Waals surface area contributed by atoms with E-state index < -0.39 is 11.6 Å². The zero-order valence-electron chi connectivity index (χ0n) is 14.2. The summed E-state index contributed by atoms with van der Waals surface area (Å²) in [5.41, 5.74) is 5.71. The first-order valence-electron chi connectivity index (χ1n) is 9.60. The molecule has 5 heteroatoms. The molecule has 130 valence electrons. The average Bonchev–Trinajstić information content (AvgIpc) is 3.17. The van der Waals surface area contributed by atoms with Crippen LogP contribution in [-0.2, 0) is 4.79 Å². The van der Waals surface area contributed by atoms with Crippen LogP contribution in [0.25, 0.3) is 0 Å². The predicted molar refractivity (Wildman–Crippen MR) is 87.5 cm³/mol. The van der Waals surface area contributed by atoms with Crippen molar-refractivity contribution >= 4 is 5.91 Å². The van der Waals surface area contributed by atoms with Crippen LogP contribution in [0.2, 0.25) is 0 Å². The van der Waals surface area contributed by atoms with Gasteiger partial charge >= 0.3 is 0 Å². The minimum absolute atomic E-state index is 0.0119. The van der Waals surface area contributed by atoms with E-state index in [4.69, 9.17) is 5.73 Å². The highest BCUT2D eigenvalue weighted by Gasteiger charge is 2.63. The Kier molecular flexibility index (Phi) is 2.86. The van der Waals surface area contributed by atoms with Crippen molar-refractivity contribution in [2.45, 2.75) is 87.4 Å². The van der Waals surface area contributed by atoms with E-state index in [0.29, 0.717) is 18.3 Å². The van der Waals surface area contributed by atoms with Crippen molar-refractivity contribution in [2.24, 2.45) is 23.0 Å². The first-order valence-corrected chi connectivity index (χ1v) is 9.60. The number of hydrogen-bond acceptors (Lipinski definition) is 4. The van der Waals surface area contributed by atoms with Crippen LogP contribution in [0.5, 0.6) is 0 Å². The van der Waals surface area contributed by atoms with Gasteiger partial charge in [0.05, 0.1) is 17.7 Å². The van der Waals surface area contributed by atoms with Crippen LogP contribution in [-0.4, -0.2) is 39.1 Å². The van der Waals surface area contributed by atoms with Crippen molar-refractivity contribution < 1.29 is 9.90 Å². The van der Waals surface area contributed by atoms with E-state index in [0.717, 1.165) is 51.4 Å². The van der Waals surface area contributed by atoms with E-state index in [9.17, 15) is 15.2 Å². The predicted octanol–water partition coefficient (Wildman–Crippen LogP) is 1.69. The largest absolute Gasteiger partial charge is 0.390 e. The third kappa shape index (κ3) is 1.90. The fraction of sp³-hybridized carbons (Fsp3) is 0.895. The van der Waals surface area contributed by atoms with Crippen molar-refractivity contribution in [3.63, 3.8) is 0 Å². The topological polar surface area (TPSA) is 90.4 Å². The lowest BCUT2D eigenvalue weighted by molar-refractivity contribution is -0.178. The van der Waals surface area contributed by atoms with Crippen molar-refractivity contribution in [2.75, 3.05) is 0 Å². The number of nitriles is 1. The van der Waals surface area contributed by atoms with Gasteiger partial charge in [-0.15, -0.1) is 0 Å². The third-order valence-electron chi connectivity index (χ3n) is 7.92. The molecule has 0 aromatic heterocycles. The smallest absolute Gasteiger partial charge is 0.241 e. The lowest BCUT2D eigenvalue weighted by Gasteiger charge is -2.61. The molecule has 0 aromatic carbocycles. The molecule has 5 saturated carbocycles. The standard InChI is InChI=1S/C19H27N3O2/c20-10-14-1-2-18(3-4-18)22(14)16(23)15(21)17-6-12-5-13(7-17)9-19(24,8-12)11-17/h12-15,24H,1-9,11,21H2/t12?,13?,14-,15+,17?,19?/m0/s1. The van der Waals surface area contributed by atoms with Gasteiger partial charge in [0.1, 0.15) is 6.04 Å². The summed E-state index contributed by atoms with van der Waals surface area (Å²) in [4.78, 5) is 15.2. The molecular weight excluding hydrogens is 302 g/mol. The maximum atomic E-state index is 13.4. The molecule has 0 radical (unpaired) electrons. The number of carbonyl (C=O) groups excluding carboxylic acids is 1. The number of nitrogens with zero attached hydrogens (tertiary/aromatic N) is 2. The van der Waals surface area contributed by atoms with Crippen LogP contribution in [0.4, 0.5) is 0 Å². The summed E-state index contributed by atoms with van der Waals surface area (Å²) in [7, 11) is 0. The highest BCUT2D eigenvalue weighted by atomic mass is 16.3. The quantitative estimate of drug-likeness (QED) is 0.806. The van der Waals surface area contributed by atoms with E-state index in [1.807, 2.05) is 4.90 Å². The van der Waals surface area contributed by atoms with Crippen LogP contribution in [0.15, 0.2) is 0 Å². The molecule has 2 unspecified atom stereocenters. The molecule has 6 aliphatic rings. The van der Waals surface area contributed by atoms with Crippen LogP contribution in [0.3, 0.4) is 0 Å². The number of amides is 1. The summed E-state index contributed by atoms with van der Waals surface area (Å²) in [6.07, 6.45) is 9.40. The van der Waals surface area contributed by atoms with Gasteiger partial charge in [-0.25, -0.2) is 0 Å². The Morgan fingerprint density at radius 2 is 1.88 bits per heavy atom. The Bertz CT molecular complexity index is 621. The Hall–Kier alpha value is -1.12. The Morgan fingerprint density at radius 1 is 1.21 bits per heavy atom. The SMILES string of the molecule is N#C[C@@H]1CCC2(CC2)N1C(=O)[C@@H](N)C12CC3CC(CC(O)(C3)C1)C2. The molecule has 5 aliphatic carbocycles. The molecule has 1 saturated heterocycles. The molecule has 3 N–H and O–H groups in total. The summed E-state index contributed by atoms with van der Waals surface area (Å²) >= 11 is 0. The molecule has 1 heterocycles. The summed E-state index contributed by atoms with van der Waals surface area (Å²) in [6.45, 7) is 0. The van der Waals surface area contributed by atoms with E-state index in [1.165, 1.54) is 6.42 Å². The monoisotopic (exact) mass is 329 g/mol. The molecule has 6 fully saturated rings. The van der Waals surface area contributed by atoms with E-state index in [2.05, 4.69) is 6.07 Å². The van der Waals surface area contributed by atoms with Gasteiger partial charge in [0.25, 0.3) is 0 Å². The van der Waals surface area contributed by atoms with Crippen LogP contribution in [0, 0.1) is 28.6 Å². The normalized spacial score (nSPS) is 48.5. The third-order valence-corrected chi connectivity index (χ3v) is 7.92. The van der Waals surface area contributed by atoms with Gasteiger partial charge in [-0.3, -0.25) is 4.79 Å². The lowest BCUT2D eigenvalue weighted by atomic mass is 9.46. The molecule has 24 heavy (non-hydrogen) atoms. The second-order valence-electron chi connectivity index (χ2n) is 9.64. The van der Waals surface area contributed by atoms with Gasteiger partial charge in [0.15, 0.2) is 0 Å². The number of hydrogen-bond donors (Lipinski definition) is 2. The highest BCUT2D eigenvalue weighted by Crippen LogP contribution is 2.63. The summed E-state index contributed by atoms with van der Waals surface area (Å²) in [5.74, 6) is 1.03. The molecule has 1 aliphatic heterocycles. The van der Waals surface area contributed by atoms with Crippen LogP contribution >= 0.6 is 0 Å². The van der Waals surface area contributed by atoms with Crippen molar-refractivity contribution in [1.82, 2.24) is 4.90 Å². The van der Waals surface area contributed by atoms with Crippen molar-refractivity contribution in [3.8, 4) is 6.07 Å². The number of aliphatic hydroxyl groups is 1. The number of likely N-dealkylation sites (tertiary alicyclic amines) is 1. The lowest BCUT2D eigenvalue weighted by Crippen LogP contribution is -2.65. The number of carbonyl (C=O) groups is 1. The Balaban J connectivity index is 1.45. The molecule has 4 bridgehead atoms. The fourth-order valence-electron chi connectivity index (χ4n) is 7.19. The van der Waals surface area contributed by atoms with Crippen LogP contribution in [0.1, 0.15) is 64.2 Å². The van der Waals surface area contributed by atoms with Crippen molar-refractivity contribution in [3.05, 3.63) is 0 Å². The molecular formula is C19H27N3O2. The summed E-state index contributed by atoms with van der Waals surface area (Å²) in [5, 5.41) is 20.4. The maximum absolute atomic E-state index is 13.4. The van der Waals surface area contributed by atoms with Crippen molar-refractivity contribution in [1.29, 1.82) is 5.26 Å². The average molecular weight is 329 g/mol. The van der Waals surface area contributed by atoms with Crippen LogP contribution < -0.4 is 5.73 Å². The minimum Gasteiger partial charge on any atom is -0.390 e. The first kappa shape index (κ1) is 15.2. The zero-order valence-corrected chi connectivity index (χ0v) is 14.2. The van der Waals surface area contributed by atoms with Gasteiger partial charge in [-0.05, 0) is 81.5 Å². The Labute approximate surface area is 143 Å². The van der Waals surface area contributed by atoms with Gasteiger partial charge in [0.2, 0.25) is 5.91 Å². The second-order valence-corrected chi connectivity index (χ2v) is 9.64. The number of rotatable bonds is 2. The minimum atomic E-state index is -0.598. The maximum Gasteiger partial charge on any atom is 0.241 e. The van der Waals surface area contributed by atoms with E-state index in [-0.39, 0.29) is 22.9 Å². The second kappa shape index (κ2) is 4.53. The fourth-order valence-corrected chi connectivity index (χ4v) is 7.19. The molecule has 6 rings (SSSR count). The summed E-state index contributed by atoms with van der Waals surface area (Å²) in [6, 6.07) is 1.47. The van der Waals surface area contributed by atoms with E-state index in [1.54, 1.807) is 0 Å². The zero-order chi connectivity index (χ0) is 16.7. The van der Waals surface area contributed by atoms with Gasteiger partial charge < -0.3 is 15.7 Å². The highest BCUT2D eigenvalue weighted by molar-refractivity contribution is 5.85. The van der Waals surface area contributed by atoms with Gasteiger partial charge in [-0.2, -0.15) is 5.26 Å². The van der Waals surface area contributed by atoms with E-state index >= 15 is 0 Å². The molecule has 1 amide bonds. The molecule has 4 atom stereocenters. The number of nitrogens with two attached hydrogens (primary N) is 1. The first-order chi connectivity index (χ1) is 11.4. The molecule has 5 nitrogen and oxygen atoms in total.